The van der Waals surface area contributed by atoms with Crippen LogP contribution < -0.4 is 0 Å². The summed E-state index contributed by atoms with van der Waals surface area (Å²) in [6.45, 7) is 4.53. The minimum Gasteiger partial charge on any atom is -0.0882 e. The van der Waals surface area contributed by atoms with Crippen LogP contribution in [0.2, 0.25) is 0 Å². The van der Waals surface area contributed by atoms with Crippen molar-refractivity contribution in [1.82, 2.24) is 0 Å². The Labute approximate surface area is 116 Å². The molecule has 0 saturated heterocycles. The first-order valence-corrected chi connectivity index (χ1v) is 8.21. The van der Waals surface area contributed by atoms with Gasteiger partial charge in [0.15, 0.2) is 0 Å². The van der Waals surface area contributed by atoms with Crippen molar-refractivity contribution in [2.75, 3.05) is 0 Å². The van der Waals surface area contributed by atoms with Crippen LogP contribution in [0.25, 0.3) is 0 Å². The van der Waals surface area contributed by atoms with Gasteiger partial charge in [-0.05, 0) is 32.1 Å². The van der Waals surface area contributed by atoms with Gasteiger partial charge in [-0.15, -0.1) is 0 Å². The third-order valence-corrected chi connectivity index (χ3v) is 3.30. The van der Waals surface area contributed by atoms with Crippen LogP contribution in [0.1, 0.15) is 90.9 Å². The molecule has 0 aliphatic heterocycles. The molecule has 0 atom stereocenters. The molecule has 106 valence electrons. The Kier molecular flexibility index (Phi) is 16.0. The average Bonchev–Trinajstić information content (AvgIpc) is 2.39. The second-order valence-corrected chi connectivity index (χ2v) is 5.23. The topological polar surface area (TPSA) is 0 Å². The monoisotopic (exact) mass is 250 g/mol. The summed E-state index contributed by atoms with van der Waals surface area (Å²) in [5.41, 5.74) is 0. The molecule has 0 aromatic heterocycles. The van der Waals surface area contributed by atoms with Crippen LogP contribution >= 0.6 is 0 Å². The molecule has 18 heavy (non-hydrogen) atoms. The molecule has 0 unspecified atom stereocenters. The van der Waals surface area contributed by atoms with Crippen LogP contribution in [0.15, 0.2) is 24.3 Å². The highest BCUT2D eigenvalue weighted by Gasteiger charge is 1.87. The first kappa shape index (κ1) is 17.5. The first-order valence-electron chi connectivity index (χ1n) is 8.21. The maximum Gasteiger partial charge on any atom is -0.0169 e. The number of hydrogen-bond donors (Lipinski definition) is 0. The van der Waals surface area contributed by atoms with Crippen LogP contribution in [0.3, 0.4) is 0 Å². The zero-order valence-corrected chi connectivity index (χ0v) is 12.8. The summed E-state index contributed by atoms with van der Waals surface area (Å²) in [4.78, 5) is 0. The van der Waals surface area contributed by atoms with E-state index in [1.54, 1.807) is 0 Å². The number of hydrogen-bond acceptors (Lipinski definition) is 0. The molecule has 0 nitrogen and oxygen atoms in total. The average molecular weight is 250 g/mol. The molecule has 0 aromatic carbocycles. The minimum atomic E-state index is 1.13. The van der Waals surface area contributed by atoms with E-state index >= 15 is 0 Å². The smallest absolute Gasteiger partial charge is 0.0169 e. The quantitative estimate of drug-likeness (QED) is 0.248. The lowest BCUT2D eigenvalue weighted by molar-refractivity contribution is 0.611. The summed E-state index contributed by atoms with van der Waals surface area (Å²) >= 11 is 0. The zero-order chi connectivity index (χ0) is 13.3. The lowest BCUT2D eigenvalue weighted by Gasteiger charge is -1.97. The molecule has 0 N–H and O–H groups in total. The number of unbranched alkanes of at least 4 members (excludes halogenated alkanes) is 9. The summed E-state index contributed by atoms with van der Waals surface area (Å²) in [5.74, 6) is 0. The second-order valence-electron chi connectivity index (χ2n) is 5.23. The Morgan fingerprint density at radius 3 is 1.56 bits per heavy atom. The fourth-order valence-electron chi connectivity index (χ4n) is 2.06. The van der Waals surface area contributed by atoms with Crippen molar-refractivity contribution in [2.45, 2.75) is 90.9 Å². The second kappa shape index (κ2) is 16.5. The SMILES string of the molecule is CCCCC/C=C\CC=CCCCCCCCC. The third-order valence-electron chi connectivity index (χ3n) is 3.30. The Balaban J connectivity index is 3.13. The van der Waals surface area contributed by atoms with Crippen molar-refractivity contribution in [3.8, 4) is 0 Å². The molecule has 0 radical (unpaired) electrons. The van der Waals surface area contributed by atoms with Crippen molar-refractivity contribution < 1.29 is 0 Å². The van der Waals surface area contributed by atoms with Gasteiger partial charge in [0.1, 0.15) is 0 Å². The number of rotatable bonds is 13. The largest absolute Gasteiger partial charge is 0.0882 e. The highest BCUT2D eigenvalue weighted by Crippen LogP contribution is 2.07. The molecule has 0 heteroatoms. The number of allylic oxidation sites excluding steroid dienone is 4. The molecule has 0 aromatic rings. The van der Waals surface area contributed by atoms with Crippen LogP contribution in [0.4, 0.5) is 0 Å². The molecular weight excluding hydrogens is 216 g/mol. The van der Waals surface area contributed by atoms with Gasteiger partial charge in [-0.1, -0.05) is 83.1 Å². The lowest BCUT2D eigenvalue weighted by Crippen LogP contribution is -1.77. The standard InChI is InChI=1S/C18H34/c1-3-5-7-9-11-13-15-17-18-16-14-12-10-8-6-4-2/h11,13,17-18H,3-10,12,14-16H2,1-2H3/b13-11-,18-17?. The molecule has 0 saturated carbocycles. The summed E-state index contributed by atoms with van der Waals surface area (Å²) in [6, 6.07) is 0. The van der Waals surface area contributed by atoms with Crippen molar-refractivity contribution >= 4 is 0 Å². The molecule has 0 spiro atoms. The predicted octanol–water partition coefficient (Wildman–Crippen LogP) is 6.82. The van der Waals surface area contributed by atoms with Gasteiger partial charge < -0.3 is 0 Å². The first-order chi connectivity index (χ1) is 8.91. The van der Waals surface area contributed by atoms with E-state index in [1.807, 2.05) is 0 Å². The Morgan fingerprint density at radius 1 is 0.500 bits per heavy atom. The van der Waals surface area contributed by atoms with Crippen LogP contribution in [-0.4, -0.2) is 0 Å². The Bertz CT molecular complexity index is 188. The molecule has 0 aliphatic rings. The van der Waals surface area contributed by atoms with Gasteiger partial charge in [0.2, 0.25) is 0 Å². The van der Waals surface area contributed by atoms with Gasteiger partial charge in [0.05, 0.1) is 0 Å². The highest BCUT2D eigenvalue weighted by molar-refractivity contribution is 4.92. The molecule has 0 bridgehead atoms. The van der Waals surface area contributed by atoms with Crippen molar-refractivity contribution in [3.63, 3.8) is 0 Å². The predicted molar refractivity (Wildman–Crippen MR) is 85.0 cm³/mol. The van der Waals surface area contributed by atoms with E-state index in [1.165, 1.54) is 70.6 Å². The van der Waals surface area contributed by atoms with E-state index < -0.39 is 0 Å². The van der Waals surface area contributed by atoms with Crippen molar-refractivity contribution in [2.24, 2.45) is 0 Å². The van der Waals surface area contributed by atoms with E-state index in [0.29, 0.717) is 0 Å². The van der Waals surface area contributed by atoms with Gasteiger partial charge in [-0.3, -0.25) is 0 Å². The van der Waals surface area contributed by atoms with Gasteiger partial charge in [-0.2, -0.15) is 0 Å². The maximum atomic E-state index is 2.36. The Morgan fingerprint density at radius 2 is 0.944 bits per heavy atom. The molecule has 0 fully saturated rings. The summed E-state index contributed by atoms with van der Waals surface area (Å²) in [6.07, 6.45) is 25.5. The van der Waals surface area contributed by atoms with Crippen molar-refractivity contribution in [3.05, 3.63) is 24.3 Å². The summed E-state index contributed by atoms with van der Waals surface area (Å²) < 4.78 is 0. The fourth-order valence-corrected chi connectivity index (χ4v) is 2.06. The summed E-state index contributed by atoms with van der Waals surface area (Å²) in [7, 11) is 0. The highest BCUT2D eigenvalue weighted by atomic mass is 13.9. The van der Waals surface area contributed by atoms with Gasteiger partial charge in [0, 0.05) is 0 Å². The van der Waals surface area contributed by atoms with Gasteiger partial charge >= 0.3 is 0 Å². The lowest BCUT2D eigenvalue weighted by atomic mass is 10.1. The van der Waals surface area contributed by atoms with E-state index in [9.17, 15) is 0 Å². The van der Waals surface area contributed by atoms with E-state index in [4.69, 9.17) is 0 Å². The molecule has 0 rings (SSSR count). The molecule has 0 heterocycles. The molecular formula is C18H34. The van der Waals surface area contributed by atoms with E-state index in [0.717, 1.165) is 6.42 Å². The molecule has 0 amide bonds. The van der Waals surface area contributed by atoms with E-state index in [-0.39, 0.29) is 0 Å². The van der Waals surface area contributed by atoms with Crippen molar-refractivity contribution in [1.29, 1.82) is 0 Å². The Hall–Kier alpha value is -0.520. The van der Waals surface area contributed by atoms with E-state index in [2.05, 4.69) is 38.2 Å². The molecule has 0 aliphatic carbocycles. The normalized spacial score (nSPS) is 11.9. The van der Waals surface area contributed by atoms with Crippen LogP contribution in [0, 0.1) is 0 Å². The minimum absolute atomic E-state index is 1.13. The van der Waals surface area contributed by atoms with Gasteiger partial charge in [0.25, 0.3) is 0 Å². The zero-order valence-electron chi connectivity index (χ0n) is 12.8. The van der Waals surface area contributed by atoms with Gasteiger partial charge in [-0.25, -0.2) is 0 Å². The third kappa shape index (κ3) is 15.5. The fraction of sp³-hybridized carbons (Fsp3) is 0.778. The van der Waals surface area contributed by atoms with Crippen LogP contribution in [-0.2, 0) is 0 Å². The maximum absolute atomic E-state index is 2.36. The van der Waals surface area contributed by atoms with Crippen LogP contribution in [0.5, 0.6) is 0 Å². The summed E-state index contributed by atoms with van der Waals surface area (Å²) in [5, 5.41) is 0.